The maximum absolute atomic E-state index is 13.0. The molecule has 0 aliphatic carbocycles. The Bertz CT molecular complexity index is 593. The summed E-state index contributed by atoms with van der Waals surface area (Å²) in [5.41, 5.74) is 2.70. The molecule has 92 valence electrons. The highest BCUT2D eigenvalue weighted by Crippen LogP contribution is 2.17. The highest BCUT2D eigenvalue weighted by atomic mass is 127. The van der Waals surface area contributed by atoms with Gasteiger partial charge in [0.1, 0.15) is 5.82 Å². The van der Waals surface area contributed by atoms with E-state index in [1.807, 2.05) is 53.8 Å². The summed E-state index contributed by atoms with van der Waals surface area (Å²) in [6.07, 6.45) is 0.351. The van der Waals surface area contributed by atoms with E-state index in [4.69, 9.17) is 0 Å². The van der Waals surface area contributed by atoms with Crippen LogP contribution in [0.2, 0.25) is 0 Å². The van der Waals surface area contributed by atoms with E-state index in [2.05, 4.69) is 0 Å². The fourth-order valence-electron chi connectivity index (χ4n) is 1.82. The quantitative estimate of drug-likeness (QED) is 0.598. The van der Waals surface area contributed by atoms with Crippen molar-refractivity contribution in [3.05, 3.63) is 68.5 Å². The molecular weight excluding hydrogens is 342 g/mol. The molecule has 18 heavy (non-hydrogen) atoms. The van der Waals surface area contributed by atoms with E-state index in [9.17, 15) is 9.18 Å². The van der Waals surface area contributed by atoms with Crippen LogP contribution in [0.25, 0.3) is 0 Å². The van der Waals surface area contributed by atoms with Crippen molar-refractivity contribution in [2.24, 2.45) is 0 Å². The van der Waals surface area contributed by atoms with Crippen LogP contribution in [0.1, 0.15) is 21.5 Å². The van der Waals surface area contributed by atoms with Gasteiger partial charge in [0, 0.05) is 15.6 Å². The molecule has 2 aromatic rings. The molecule has 0 radical (unpaired) electrons. The Morgan fingerprint density at radius 3 is 2.67 bits per heavy atom. The van der Waals surface area contributed by atoms with Gasteiger partial charge in [-0.15, -0.1) is 0 Å². The summed E-state index contributed by atoms with van der Waals surface area (Å²) in [7, 11) is 0. The topological polar surface area (TPSA) is 17.1 Å². The Labute approximate surface area is 119 Å². The average Bonchev–Trinajstić information content (AvgIpc) is 2.28. The molecule has 0 bridgehead atoms. The fourth-order valence-corrected chi connectivity index (χ4v) is 2.60. The van der Waals surface area contributed by atoms with Crippen LogP contribution in [0.4, 0.5) is 4.39 Å². The third-order valence-corrected chi connectivity index (χ3v) is 3.57. The molecule has 0 heterocycles. The van der Waals surface area contributed by atoms with E-state index in [0.717, 1.165) is 11.1 Å². The number of halogens is 2. The molecule has 3 heteroatoms. The highest BCUT2D eigenvalue weighted by Gasteiger charge is 2.11. The number of ketones is 1. The number of benzene rings is 2. The zero-order chi connectivity index (χ0) is 13.1. The van der Waals surface area contributed by atoms with Crippen molar-refractivity contribution >= 4 is 28.4 Å². The number of carbonyl (C=O) groups is 1. The summed E-state index contributed by atoms with van der Waals surface area (Å²) in [6, 6.07) is 12.1. The SMILES string of the molecule is Cc1cccc(CC(=O)c2ccc(F)cc2I)c1. The van der Waals surface area contributed by atoms with Gasteiger partial charge in [0.2, 0.25) is 0 Å². The van der Waals surface area contributed by atoms with Gasteiger partial charge < -0.3 is 0 Å². The normalized spacial score (nSPS) is 10.4. The van der Waals surface area contributed by atoms with E-state index in [-0.39, 0.29) is 11.6 Å². The number of carbonyl (C=O) groups excluding carboxylic acids is 1. The van der Waals surface area contributed by atoms with E-state index < -0.39 is 0 Å². The summed E-state index contributed by atoms with van der Waals surface area (Å²) in [5.74, 6) is -0.295. The van der Waals surface area contributed by atoms with Crippen LogP contribution < -0.4 is 0 Å². The highest BCUT2D eigenvalue weighted by molar-refractivity contribution is 14.1. The lowest BCUT2D eigenvalue weighted by Crippen LogP contribution is -2.06. The Kier molecular flexibility index (Phi) is 4.11. The molecule has 0 spiro atoms. The maximum atomic E-state index is 13.0. The van der Waals surface area contributed by atoms with Crippen molar-refractivity contribution in [2.45, 2.75) is 13.3 Å². The molecule has 0 aromatic heterocycles. The minimum Gasteiger partial charge on any atom is -0.294 e. The molecule has 1 nitrogen and oxygen atoms in total. The molecule has 0 atom stereocenters. The van der Waals surface area contributed by atoms with Gasteiger partial charge in [0.25, 0.3) is 0 Å². The summed E-state index contributed by atoms with van der Waals surface area (Å²) < 4.78 is 13.6. The van der Waals surface area contributed by atoms with Gasteiger partial charge in [-0.2, -0.15) is 0 Å². The van der Waals surface area contributed by atoms with Gasteiger partial charge in [-0.25, -0.2) is 4.39 Å². The monoisotopic (exact) mass is 354 g/mol. The molecule has 2 aromatic carbocycles. The van der Waals surface area contributed by atoms with Crippen molar-refractivity contribution < 1.29 is 9.18 Å². The first-order valence-electron chi connectivity index (χ1n) is 5.60. The lowest BCUT2D eigenvalue weighted by Gasteiger charge is -2.05. The summed E-state index contributed by atoms with van der Waals surface area (Å²) in [4.78, 5) is 12.1. The Hall–Kier alpha value is -1.23. The lowest BCUT2D eigenvalue weighted by atomic mass is 10.0. The third kappa shape index (κ3) is 3.16. The molecule has 0 saturated carbocycles. The molecule has 0 aliphatic heterocycles. The van der Waals surface area contributed by atoms with E-state index in [0.29, 0.717) is 15.6 Å². The van der Waals surface area contributed by atoms with Crippen molar-refractivity contribution in [1.29, 1.82) is 0 Å². The van der Waals surface area contributed by atoms with E-state index in [1.165, 1.54) is 12.1 Å². The number of hydrogen-bond donors (Lipinski definition) is 0. The van der Waals surface area contributed by atoms with E-state index >= 15 is 0 Å². The number of Topliss-reactive ketones (excluding diaryl/α,β-unsaturated/α-hetero) is 1. The van der Waals surface area contributed by atoms with Gasteiger partial charge in [0.15, 0.2) is 5.78 Å². The smallest absolute Gasteiger partial charge is 0.168 e. The second-order valence-corrected chi connectivity index (χ2v) is 5.38. The first-order valence-corrected chi connectivity index (χ1v) is 6.68. The lowest BCUT2D eigenvalue weighted by molar-refractivity contribution is 0.0992. The summed E-state index contributed by atoms with van der Waals surface area (Å²) in [5, 5.41) is 0. The van der Waals surface area contributed by atoms with Crippen LogP contribution in [0.3, 0.4) is 0 Å². The predicted octanol–water partition coefficient (Wildman–Crippen LogP) is 4.16. The van der Waals surface area contributed by atoms with Gasteiger partial charge in [-0.3, -0.25) is 4.79 Å². The van der Waals surface area contributed by atoms with Crippen LogP contribution in [0, 0.1) is 16.3 Å². The van der Waals surface area contributed by atoms with Crippen LogP contribution >= 0.6 is 22.6 Å². The Balaban J connectivity index is 2.22. The fraction of sp³-hybridized carbons (Fsp3) is 0.133. The largest absolute Gasteiger partial charge is 0.294 e. The number of rotatable bonds is 3. The zero-order valence-corrected chi connectivity index (χ0v) is 12.1. The first-order chi connectivity index (χ1) is 8.56. The number of hydrogen-bond acceptors (Lipinski definition) is 1. The molecule has 0 amide bonds. The molecule has 0 aliphatic rings. The minimum atomic E-state index is -0.313. The van der Waals surface area contributed by atoms with E-state index in [1.54, 1.807) is 6.07 Å². The Morgan fingerprint density at radius 1 is 1.22 bits per heavy atom. The molecule has 0 N–H and O–H groups in total. The average molecular weight is 354 g/mol. The van der Waals surface area contributed by atoms with Gasteiger partial charge >= 0.3 is 0 Å². The van der Waals surface area contributed by atoms with Gasteiger partial charge in [0.05, 0.1) is 0 Å². The second-order valence-electron chi connectivity index (χ2n) is 4.21. The number of aryl methyl sites for hydroxylation is 1. The molecule has 0 unspecified atom stereocenters. The third-order valence-electron chi connectivity index (χ3n) is 2.68. The van der Waals surface area contributed by atoms with Crippen molar-refractivity contribution in [2.75, 3.05) is 0 Å². The molecular formula is C15H12FIO. The Morgan fingerprint density at radius 2 is 2.00 bits per heavy atom. The summed E-state index contributed by atoms with van der Waals surface area (Å²) >= 11 is 1.99. The standard InChI is InChI=1S/C15H12FIO/c1-10-3-2-4-11(7-10)8-15(18)13-6-5-12(16)9-14(13)17/h2-7,9H,8H2,1H3. The predicted molar refractivity (Wildman–Crippen MR) is 78.3 cm³/mol. The van der Waals surface area contributed by atoms with Crippen LogP contribution in [-0.2, 0) is 6.42 Å². The second kappa shape index (κ2) is 5.61. The van der Waals surface area contributed by atoms with Crippen LogP contribution in [0.5, 0.6) is 0 Å². The summed E-state index contributed by atoms with van der Waals surface area (Å²) in [6.45, 7) is 2.00. The van der Waals surface area contributed by atoms with Crippen molar-refractivity contribution in [3.63, 3.8) is 0 Å². The maximum Gasteiger partial charge on any atom is 0.168 e. The van der Waals surface area contributed by atoms with Crippen LogP contribution in [-0.4, -0.2) is 5.78 Å². The van der Waals surface area contributed by atoms with Gasteiger partial charge in [-0.05, 0) is 53.3 Å². The molecule has 2 rings (SSSR count). The molecule has 0 fully saturated rings. The molecule has 0 saturated heterocycles. The van der Waals surface area contributed by atoms with Crippen molar-refractivity contribution in [1.82, 2.24) is 0 Å². The first kappa shape index (κ1) is 13.2. The van der Waals surface area contributed by atoms with Crippen molar-refractivity contribution in [3.8, 4) is 0 Å². The van der Waals surface area contributed by atoms with Gasteiger partial charge in [-0.1, -0.05) is 29.8 Å². The van der Waals surface area contributed by atoms with Crippen LogP contribution in [0.15, 0.2) is 42.5 Å². The minimum absolute atomic E-state index is 0.0185. The zero-order valence-electron chi connectivity index (χ0n) is 9.91.